The van der Waals surface area contributed by atoms with Gasteiger partial charge < -0.3 is 10.1 Å². The number of carbonyl (C=O) groups is 1. The van der Waals surface area contributed by atoms with Crippen LogP contribution in [0, 0.1) is 11.6 Å². The number of amides is 1. The standard InChI is InChI=1S/C23H17ClF2N4O3/c1-29-21(19-16(25)10-15(33-2)11-17(19)26)20(23(32)30(29)14-6-4-3-5-7-14)28-22(31)13-8-9-18(24)27-12-13/h3-12H,1-2H3,(H,28,31). The number of pyridine rings is 1. The first-order chi connectivity index (χ1) is 15.8. The molecule has 2 heterocycles. The van der Waals surface area contributed by atoms with Crippen molar-refractivity contribution in [3.05, 3.63) is 93.5 Å². The number of carbonyl (C=O) groups excluding carboxylic acids is 1. The minimum Gasteiger partial charge on any atom is -0.497 e. The molecule has 4 aromatic rings. The summed E-state index contributed by atoms with van der Waals surface area (Å²) < 4.78 is 37.4. The Morgan fingerprint density at radius 2 is 1.76 bits per heavy atom. The lowest BCUT2D eigenvalue weighted by Gasteiger charge is -2.13. The van der Waals surface area contributed by atoms with Gasteiger partial charge in [0.15, 0.2) is 0 Å². The third-order valence-corrected chi connectivity index (χ3v) is 5.21. The zero-order valence-electron chi connectivity index (χ0n) is 17.5. The van der Waals surface area contributed by atoms with Crippen molar-refractivity contribution in [2.24, 2.45) is 7.05 Å². The minimum absolute atomic E-state index is 0.0286. The van der Waals surface area contributed by atoms with E-state index in [9.17, 15) is 9.59 Å². The molecule has 0 unspecified atom stereocenters. The largest absolute Gasteiger partial charge is 0.497 e. The molecule has 1 N–H and O–H groups in total. The number of nitrogens with zero attached hydrogens (tertiary/aromatic N) is 3. The smallest absolute Gasteiger partial charge is 0.295 e. The highest BCUT2D eigenvalue weighted by atomic mass is 35.5. The number of ether oxygens (including phenoxy) is 1. The van der Waals surface area contributed by atoms with Crippen LogP contribution in [-0.2, 0) is 7.05 Å². The van der Waals surface area contributed by atoms with Crippen LogP contribution in [0.1, 0.15) is 10.4 Å². The van der Waals surface area contributed by atoms with Crippen molar-refractivity contribution in [1.29, 1.82) is 0 Å². The molecule has 33 heavy (non-hydrogen) atoms. The number of benzene rings is 2. The van der Waals surface area contributed by atoms with Crippen molar-refractivity contribution in [2.75, 3.05) is 12.4 Å². The first-order valence-electron chi connectivity index (χ1n) is 9.65. The van der Waals surface area contributed by atoms with E-state index in [-0.39, 0.29) is 27.8 Å². The van der Waals surface area contributed by atoms with Gasteiger partial charge in [-0.1, -0.05) is 29.8 Å². The second kappa shape index (κ2) is 8.87. The molecule has 0 bridgehead atoms. The molecule has 0 fully saturated rings. The summed E-state index contributed by atoms with van der Waals surface area (Å²) in [4.78, 5) is 30.0. The van der Waals surface area contributed by atoms with E-state index in [1.54, 1.807) is 30.3 Å². The Bertz CT molecular complexity index is 1380. The second-order valence-electron chi connectivity index (χ2n) is 6.99. The number of halogens is 3. The third-order valence-electron chi connectivity index (χ3n) is 4.98. The average molecular weight is 471 g/mol. The Balaban J connectivity index is 1.95. The van der Waals surface area contributed by atoms with Crippen LogP contribution in [0.25, 0.3) is 16.9 Å². The molecular formula is C23H17ClF2N4O3. The van der Waals surface area contributed by atoms with Crippen molar-refractivity contribution in [3.8, 4) is 22.7 Å². The summed E-state index contributed by atoms with van der Waals surface area (Å²) in [6.07, 6.45) is 1.23. The first kappa shape index (κ1) is 22.2. The summed E-state index contributed by atoms with van der Waals surface area (Å²) in [5, 5.41) is 2.67. The summed E-state index contributed by atoms with van der Waals surface area (Å²) >= 11 is 5.77. The Morgan fingerprint density at radius 3 is 2.33 bits per heavy atom. The summed E-state index contributed by atoms with van der Waals surface area (Å²) in [5.74, 6) is -2.65. The highest BCUT2D eigenvalue weighted by Gasteiger charge is 2.27. The van der Waals surface area contributed by atoms with E-state index in [1.807, 2.05) is 0 Å². The maximum absolute atomic E-state index is 15.0. The Morgan fingerprint density at radius 1 is 1.09 bits per heavy atom. The van der Waals surface area contributed by atoms with Gasteiger partial charge in [-0.15, -0.1) is 0 Å². The van der Waals surface area contributed by atoms with Gasteiger partial charge in [-0.3, -0.25) is 14.3 Å². The zero-order valence-corrected chi connectivity index (χ0v) is 18.2. The van der Waals surface area contributed by atoms with E-state index < -0.39 is 28.7 Å². The summed E-state index contributed by atoms with van der Waals surface area (Å²) in [5.41, 5.74) is -1.08. The van der Waals surface area contributed by atoms with Crippen LogP contribution in [0.2, 0.25) is 5.15 Å². The maximum Gasteiger partial charge on any atom is 0.295 e. The van der Waals surface area contributed by atoms with Crippen LogP contribution in [0.4, 0.5) is 14.5 Å². The molecule has 0 aliphatic carbocycles. The fourth-order valence-electron chi connectivity index (χ4n) is 3.45. The Labute approximate surface area is 191 Å². The molecule has 2 aromatic heterocycles. The van der Waals surface area contributed by atoms with Crippen LogP contribution >= 0.6 is 11.6 Å². The number of para-hydroxylation sites is 1. The number of anilines is 1. The molecule has 1 amide bonds. The summed E-state index contributed by atoms with van der Waals surface area (Å²) in [6, 6.07) is 13.3. The first-order valence-corrected chi connectivity index (χ1v) is 10.0. The highest BCUT2D eigenvalue weighted by Crippen LogP contribution is 2.34. The predicted octanol–water partition coefficient (Wildman–Crippen LogP) is 4.43. The summed E-state index contributed by atoms with van der Waals surface area (Å²) in [6.45, 7) is 0. The van der Waals surface area contributed by atoms with Crippen molar-refractivity contribution < 1.29 is 18.3 Å². The van der Waals surface area contributed by atoms with Crippen molar-refractivity contribution in [2.45, 2.75) is 0 Å². The van der Waals surface area contributed by atoms with E-state index in [0.717, 1.165) is 12.1 Å². The fourth-order valence-corrected chi connectivity index (χ4v) is 3.57. The number of nitrogens with one attached hydrogen (secondary N) is 1. The molecule has 0 saturated carbocycles. The average Bonchev–Trinajstić information content (AvgIpc) is 3.03. The number of rotatable bonds is 5. The van der Waals surface area contributed by atoms with Crippen molar-refractivity contribution in [1.82, 2.24) is 14.3 Å². The van der Waals surface area contributed by atoms with Crippen molar-refractivity contribution in [3.63, 3.8) is 0 Å². The van der Waals surface area contributed by atoms with Gasteiger partial charge >= 0.3 is 0 Å². The quantitative estimate of drug-likeness (QED) is 0.438. The minimum atomic E-state index is -0.962. The molecule has 2 aromatic carbocycles. The highest BCUT2D eigenvalue weighted by molar-refractivity contribution is 6.29. The Hall–Kier alpha value is -3.98. The monoisotopic (exact) mass is 470 g/mol. The lowest BCUT2D eigenvalue weighted by molar-refractivity contribution is 0.102. The van der Waals surface area contributed by atoms with Gasteiger partial charge in [0.05, 0.1) is 23.9 Å². The number of methoxy groups -OCH3 is 1. The van der Waals surface area contributed by atoms with Gasteiger partial charge in [0.25, 0.3) is 11.5 Å². The topological polar surface area (TPSA) is 78.2 Å². The molecule has 0 spiro atoms. The second-order valence-corrected chi connectivity index (χ2v) is 7.38. The lowest BCUT2D eigenvalue weighted by Crippen LogP contribution is -2.23. The van der Waals surface area contributed by atoms with Gasteiger partial charge in [0.2, 0.25) is 0 Å². The molecule has 0 aliphatic heterocycles. The molecule has 0 aliphatic rings. The van der Waals surface area contributed by atoms with Crippen LogP contribution in [0.5, 0.6) is 5.75 Å². The van der Waals surface area contributed by atoms with E-state index in [1.165, 1.54) is 41.9 Å². The summed E-state index contributed by atoms with van der Waals surface area (Å²) in [7, 11) is 2.74. The number of aromatic nitrogens is 3. The zero-order chi connectivity index (χ0) is 23.7. The van der Waals surface area contributed by atoms with Gasteiger partial charge in [-0.25, -0.2) is 18.4 Å². The number of hydrogen-bond donors (Lipinski definition) is 1. The number of hydrogen-bond acceptors (Lipinski definition) is 4. The Kier molecular flexibility index (Phi) is 5.97. The van der Waals surface area contributed by atoms with E-state index in [4.69, 9.17) is 16.3 Å². The van der Waals surface area contributed by atoms with E-state index >= 15 is 8.78 Å². The molecule has 7 nitrogen and oxygen atoms in total. The van der Waals surface area contributed by atoms with Crippen LogP contribution in [-0.4, -0.2) is 27.4 Å². The van der Waals surface area contributed by atoms with Crippen LogP contribution in [0.3, 0.4) is 0 Å². The van der Waals surface area contributed by atoms with Gasteiger partial charge in [0.1, 0.15) is 33.9 Å². The molecule has 168 valence electrons. The lowest BCUT2D eigenvalue weighted by atomic mass is 10.1. The van der Waals surface area contributed by atoms with Crippen molar-refractivity contribution >= 4 is 23.2 Å². The van der Waals surface area contributed by atoms with E-state index in [0.29, 0.717) is 5.69 Å². The molecule has 0 saturated heterocycles. The van der Waals surface area contributed by atoms with Gasteiger partial charge in [-0.05, 0) is 24.3 Å². The maximum atomic E-state index is 15.0. The normalized spacial score (nSPS) is 10.8. The van der Waals surface area contributed by atoms with Gasteiger partial charge in [0, 0.05) is 25.4 Å². The molecular weight excluding hydrogens is 454 g/mol. The molecule has 0 radical (unpaired) electrons. The molecule has 0 atom stereocenters. The predicted molar refractivity (Wildman–Crippen MR) is 120 cm³/mol. The van der Waals surface area contributed by atoms with Gasteiger partial charge in [-0.2, -0.15) is 0 Å². The molecule has 10 heteroatoms. The van der Waals surface area contributed by atoms with Crippen LogP contribution < -0.4 is 15.6 Å². The fraction of sp³-hybridized carbons (Fsp3) is 0.0870. The SMILES string of the molecule is COc1cc(F)c(-c2c(NC(=O)c3ccc(Cl)nc3)c(=O)n(-c3ccccc3)n2C)c(F)c1. The molecule has 4 rings (SSSR count). The third kappa shape index (κ3) is 4.10. The van der Waals surface area contributed by atoms with E-state index in [2.05, 4.69) is 10.3 Å². The van der Waals surface area contributed by atoms with Crippen LogP contribution in [0.15, 0.2) is 65.6 Å².